The zero-order valence-electron chi connectivity index (χ0n) is 6.32. The summed E-state index contributed by atoms with van der Waals surface area (Å²) in [7, 11) is 0. The highest BCUT2D eigenvalue weighted by molar-refractivity contribution is 4.82. The Morgan fingerprint density at radius 3 is 2.50 bits per heavy atom. The Bertz CT molecular complexity index is 108. The predicted octanol–water partition coefficient (Wildman–Crippen LogP) is -0.709. The minimum atomic E-state index is -0.315. The lowest BCUT2D eigenvalue weighted by molar-refractivity contribution is 0.103. The number of hydrogen-bond acceptors (Lipinski definition) is 3. The lowest BCUT2D eigenvalue weighted by atomic mass is 10.1. The standard InChI is InChI=1S/C7H15NO2/c1-2-8-3-6(5-9)7(10)4-8/h6-7,9-10H,2-5H2,1H3/t6-,7-/m0/s1. The zero-order valence-corrected chi connectivity index (χ0v) is 6.32. The molecule has 1 aliphatic heterocycles. The first kappa shape index (κ1) is 7.98. The van der Waals surface area contributed by atoms with E-state index in [0.29, 0.717) is 0 Å². The predicted molar refractivity (Wildman–Crippen MR) is 38.7 cm³/mol. The molecule has 3 nitrogen and oxygen atoms in total. The van der Waals surface area contributed by atoms with Gasteiger partial charge in [0.1, 0.15) is 0 Å². The van der Waals surface area contributed by atoms with Crippen LogP contribution in [0.3, 0.4) is 0 Å². The first-order chi connectivity index (χ1) is 4.77. The van der Waals surface area contributed by atoms with E-state index in [1.807, 2.05) is 0 Å². The summed E-state index contributed by atoms with van der Waals surface area (Å²) >= 11 is 0. The van der Waals surface area contributed by atoms with E-state index in [1.54, 1.807) is 0 Å². The van der Waals surface area contributed by atoms with Crippen LogP contribution in [-0.4, -0.2) is 47.5 Å². The number of aliphatic hydroxyl groups is 2. The summed E-state index contributed by atoms with van der Waals surface area (Å²) < 4.78 is 0. The van der Waals surface area contributed by atoms with Crippen LogP contribution >= 0.6 is 0 Å². The Kier molecular flexibility index (Phi) is 2.65. The maximum absolute atomic E-state index is 9.29. The van der Waals surface area contributed by atoms with E-state index in [0.717, 1.165) is 19.6 Å². The molecule has 2 N–H and O–H groups in total. The average molecular weight is 145 g/mol. The van der Waals surface area contributed by atoms with Crippen molar-refractivity contribution in [2.24, 2.45) is 5.92 Å². The van der Waals surface area contributed by atoms with Crippen LogP contribution in [-0.2, 0) is 0 Å². The highest BCUT2D eigenvalue weighted by Gasteiger charge is 2.29. The molecule has 10 heavy (non-hydrogen) atoms. The second kappa shape index (κ2) is 3.32. The number of aliphatic hydroxyl groups excluding tert-OH is 2. The van der Waals surface area contributed by atoms with Crippen molar-refractivity contribution >= 4 is 0 Å². The van der Waals surface area contributed by atoms with Gasteiger partial charge in [-0.25, -0.2) is 0 Å². The van der Waals surface area contributed by atoms with Crippen LogP contribution in [0.2, 0.25) is 0 Å². The van der Waals surface area contributed by atoms with Crippen LogP contribution in [0.4, 0.5) is 0 Å². The van der Waals surface area contributed by atoms with Gasteiger partial charge in [0.25, 0.3) is 0 Å². The Labute approximate surface area is 61.3 Å². The molecule has 0 spiro atoms. The Morgan fingerprint density at radius 2 is 2.20 bits per heavy atom. The van der Waals surface area contributed by atoms with Gasteiger partial charge in [-0.15, -0.1) is 0 Å². The molecule has 0 amide bonds. The second-order valence-electron chi connectivity index (χ2n) is 2.86. The molecule has 0 aromatic rings. The van der Waals surface area contributed by atoms with Crippen molar-refractivity contribution in [3.8, 4) is 0 Å². The van der Waals surface area contributed by atoms with Crippen LogP contribution in [0.5, 0.6) is 0 Å². The van der Waals surface area contributed by atoms with E-state index < -0.39 is 0 Å². The molecule has 1 fully saturated rings. The van der Waals surface area contributed by atoms with Crippen molar-refractivity contribution in [1.82, 2.24) is 4.90 Å². The molecule has 0 unspecified atom stereocenters. The number of hydrogen-bond donors (Lipinski definition) is 2. The fourth-order valence-electron chi connectivity index (χ4n) is 1.38. The van der Waals surface area contributed by atoms with E-state index in [2.05, 4.69) is 11.8 Å². The Morgan fingerprint density at radius 1 is 1.50 bits per heavy atom. The molecular formula is C7H15NO2. The molecule has 1 rings (SSSR count). The zero-order chi connectivity index (χ0) is 7.56. The number of rotatable bonds is 2. The highest BCUT2D eigenvalue weighted by atomic mass is 16.3. The molecule has 3 heteroatoms. The topological polar surface area (TPSA) is 43.7 Å². The van der Waals surface area contributed by atoms with Gasteiger partial charge in [0.05, 0.1) is 6.10 Å². The largest absolute Gasteiger partial charge is 0.396 e. The van der Waals surface area contributed by atoms with Crippen LogP contribution in [0, 0.1) is 5.92 Å². The van der Waals surface area contributed by atoms with Gasteiger partial charge in [-0.2, -0.15) is 0 Å². The first-order valence-electron chi connectivity index (χ1n) is 3.79. The molecule has 0 radical (unpaired) electrons. The third-order valence-corrected chi connectivity index (χ3v) is 2.16. The van der Waals surface area contributed by atoms with E-state index >= 15 is 0 Å². The van der Waals surface area contributed by atoms with E-state index in [1.165, 1.54) is 0 Å². The summed E-state index contributed by atoms with van der Waals surface area (Å²) in [6, 6.07) is 0. The minimum Gasteiger partial charge on any atom is -0.396 e. The molecule has 60 valence electrons. The summed E-state index contributed by atoms with van der Waals surface area (Å²) in [5.41, 5.74) is 0. The number of likely N-dealkylation sites (N-methyl/N-ethyl adjacent to an activating group) is 1. The maximum atomic E-state index is 9.29. The SMILES string of the molecule is CCN1C[C@@H](CO)[C@@H](O)C1. The maximum Gasteiger partial charge on any atom is 0.0729 e. The minimum absolute atomic E-state index is 0.0833. The van der Waals surface area contributed by atoms with Crippen LogP contribution in [0.15, 0.2) is 0 Å². The number of likely N-dealkylation sites (tertiary alicyclic amines) is 1. The summed E-state index contributed by atoms with van der Waals surface area (Å²) in [5.74, 6) is 0.0833. The Balaban J connectivity index is 2.36. The van der Waals surface area contributed by atoms with Crippen molar-refractivity contribution in [3.63, 3.8) is 0 Å². The van der Waals surface area contributed by atoms with E-state index in [4.69, 9.17) is 5.11 Å². The fraction of sp³-hybridized carbons (Fsp3) is 1.00. The first-order valence-corrected chi connectivity index (χ1v) is 3.79. The molecular weight excluding hydrogens is 130 g/mol. The second-order valence-corrected chi connectivity index (χ2v) is 2.86. The van der Waals surface area contributed by atoms with Crippen molar-refractivity contribution in [2.45, 2.75) is 13.0 Å². The molecule has 0 aliphatic carbocycles. The summed E-state index contributed by atoms with van der Waals surface area (Å²) in [6.07, 6.45) is -0.315. The summed E-state index contributed by atoms with van der Waals surface area (Å²) in [5, 5.41) is 18.1. The fourth-order valence-corrected chi connectivity index (χ4v) is 1.38. The van der Waals surface area contributed by atoms with Gasteiger partial charge >= 0.3 is 0 Å². The van der Waals surface area contributed by atoms with Gasteiger partial charge in [0, 0.05) is 25.6 Å². The molecule has 1 saturated heterocycles. The van der Waals surface area contributed by atoms with Gasteiger partial charge < -0.3 is 15.1 Å². The smallest absolute Gasteiger partial charge is 0.0729 e. The third-order valence-electron chi connectivity index (χ3n) is 2.16. The monoisotopic (exact) mass is 145 g/mol. The lowest BCUT2D eigenvalue weighted by Crippen LogP contribution is -2.21. The van der Waals surface area contributed by atoms with Crippen LogP contribution < -0.4 is 0 Å². The average Bonchev–Trinajstić information content (AvgIpc) is 2.30. The quantitative estimate of drug-likeness (QED) is 0.539. The molecule has 0 bridgehead atoms. The third kappa shape index (κ3) is 1.48. The molecule has 1 heterocycles. The van der Waals surface area contributed by atoms with Crippen LogP contribution in [0.1, 0.15) is 6.92 Å². The highest BCUT2D eigenvalue weighted by Crippen LogP contribution is 2.15. The van der Waals surface area contributed by atoms with Gasteiger partial charge in [-0.05, 0) is 6.54 Å². The van der Waals surface area contributed by atoms with E-state index in [9.17, 15) is 5.11 Å². The van der Waals surface area contributed by atoms with Crippen molar-refractivity contribution < 1.29 is 10.2 Å². The van der Waals surface area contributed by atoms with Crippen molar-refractivity contribution in [2.75, 3.05) is 26.2 Å². The Hall–Kier alpha value is -0.120. The van der Waals surface area contributed by atoms with Gasteiger partial charge in [0.15, 0.2) is 0 Å². The lowest BCUT2D eigenvalue weighted by Gasteiger charge is -2.10. The van der Waals surface area contributed by atoms with E-state index in [-0.39, 0.29) is 18.6 Å². The van der Waals surface area contributed by atoms with Crippen molar-refractivity contribution in [3.05, 3.63) is 0 Å². The van der Waals surface area contributed by atoms with Crippen LogP contribution in [0.25, 0.3) is 0 Å². The molecule has 2 atom stereocenters. The summed E-state index contributed by atoms with van der Waals surface area (Å²) in [4.78, 5) is 2.14. The molecule has 1 aliphatic rings. The van der Waals surface area contributed by atoms with Gasteiger partial charge in [0.2, 0.25) is 0 Å². The molecule has 0 saturated carbocycles. The normalized spacial score (nSPS) is 35.1. The molecule has 0 aromatic carbocycles. The van der Waals surface area contributed by atoms with Crippen molar-refractivity contribution in [1.29, 1.82) is 0 Å². The molecule has 0 aromatic heterocycles. The van der Waals surface area contributed by atoms with Gasteiger partial charge in [-0.3, -0.25) is 0 Å². The number of β-amino-alcohol motifs (C(OH)–C–C–N with tert-alkyl or cyclic N) is 1. The van der Waals surface area contributed by atoms with Gasteiger partial charge in [-0.1, -0.05) is 6.92 Å². The summed E-state index contributed by atoms with van der Waals surface area (Å²) in [6.45, 7) is 4.70. The number of nitrogens with zero attached hydrogens (tertiary/aromatic N) is 1.